The van der Waals surface area contributed by atoms with E-state index in [-0.39, 0.29) is 29.9 Å². The molecule has 0 aromatic heterocycles. The highest BCUT2D eigenvalue weighted by Gasteiger charge is 2.27. The van der Waals surface area contributed by atoms with Gasteiger partial charge < -0.3 is 16.2 Å². The second-order valence-electron chi connectivity index (χ2n) is 5.07. The molecule has 0 saturated carbocycles. The number of nitrogens with one attached hydrogen (secondary N) is 1. The van der Waals surface area contributed by atoms with Gasteiger partial charge in [0.1, 0.15) is 5.82 Å². The minimum Gasteiger partial charge on any atom is -0.387 e. The van der Waals surface area contributed by atoms with Gasteiger partial charge in [-0.2, -0.15) is 0 Å². The fourth-order valence-electron chi connectivity index (χ4n) is 1.86. The summed E-state index contributed by atoms with van der Waals surface area (Å²) in [6.07, 6.45) is 0.318. The number of carbonyl (C=O) groups is 1. The van der Waals surface area contributed by atoms with E-state index in [0.717, 1.165) is 12.5 Å². The largest absolute Gasteiger partial charge is 0.387 e. The van der Waals surface area contributed by atoms with Crippen molar-refractivity contribution in [2.75, 3.05) is 6.54 Å². The van der Waals surface area contributed by atoms with Gasteiger partial charge in [0.05, 0.1) is 16.7 Å². The molecule has 21 heavy (non-hydrogen) atoms. The van der Waals surface area contributed by atoms with Gasteiger partial charge in [-0.25, -0.2) is 4.39 Å². The van der Waals surface area contributed by atoms with Crippen LogP contribution in [0.25, 0.3) is 0 Å². The van der Waals surface area contributed by atoms with E-state index in [4.69, 9.17) is 17.3 Å². The molecule has 2 unspecified atom stereocenters. The molecule has 4 nitrogen and oxygen atoms in total. The maximum Gasteiger partial charge on any atom is 0.239 e. The molecule has 0 aliphatic carbocycles. The van der Waals surface area contributed by atoms with Crippen LogP contribution in [-0.2, 0) is 4.79 Å². The fourth-order valence-corrected chi connectivity index (χ4v) is 1.98. The van der Waals surface area contributed by atoms with Crippen LogP contribution in [-0.4, -0.2) is 23.1 Å². The van der Waals surface area contributed by atoms with Crippen molar-refractivity contribution in [3.63, 3.8) is 0 Å². The standard InChI is InChI=1S/C14H20ClFN2O2.ClH/c1-3-6-14(2,17)13(20)18-8-12(19)9-4-5-10(15)11(16)7-9;/h4-5,7,12,19H,3,6,8,17H2,1-2H3,(H,18,20);1H. The van der Waals surface area contributed by atoms with Gasteiger partial charge in [-0.05, 0) is 31.0 Å². The van der Waals surface area contributed by atoms with Gasteiger partial charge in [-0.3, -0.25) is 4.79 Å². The van der Waals surface area contributed by atoms with Crippen LogP contribution in [0, 0.1) is 5.82 Å². The van der Waals surface area contributed by atoms with Gasteiger partial charge in [-0.1, -0.05) is 31.0 Å². The first-order valence-electron chi connectivity index (χ1n) is 6.48. The average Bonchev–Trinajstić information content (AvgIpc) is 2.38. The lowest BCUT2D eigenvalue weighted by atomic mass is 9.96. The molecule has 1 aromatic rings. The van der Waals surface area contributed by atoms with Crippen LogP contribution < -0.4 is 11.1 Å². The lowest BCUT2D eigenvalue weighted by molar-refractivity contribution is -0.126. The van der Waals surface area contributed by atoms with Crippen molar-refractivity contribution >= 4 is 29.9 Å². The van der Waals surface area contributed by atoms with Crippen molar-refractivity contribution < 1.29 is 14.3 Å². The van der Waals surface area contributed by atoms with Gasteiger partial charge in [-0.15, -0.1) is 12.4 Å². The number of nitrogens with two attached hydrogens (primary N) is 1. The van der Waals surface area contributed by atoms with Crippen LogP contribution in [0.4, 0.5) is 4.39 Å². The molecule has 1 rings (SSSR count). The number of rotatable bonds is 6. The molecule has 0 radical (unpaired) electrons. The van der Waals surface area contributed by atoms with Crippen LogP contribution in [0.5, 0.6) is 0 Å². The van der Waals surface area contributed by atoms with E-state index < -0.39 is 17.5 Å². The first kappa shape index (κ1) is 20.1. The van der Waals surface area contributed by atoms with Crippen LogP contribution in [0.15, 0.2) is 18.2 Å². The molecule has 0 fully saturated rings. The van der Waals surface area contributed by atoms with Crippen LogP contribution in [0.1, 0.15) is 38.4 Å². The van der Waals surface area contributed by atoms with E-state index in [1.54, 1.807) is 6.92 Å². The number of hydrogen-bond donors (Lipinski definition) is 3. The lowest BCUT2D eigenvalue weighted by Crippen LogP contribution is -2.52. The van der Waals surface area contributed by atoms with E-state index in [1.165, 1.54) is 12.1 Å². The summed E-state index contributed by atoms with van der Waals surface area (Å²) in [5.41, 5.74) is 5.24. The molecular formula is C14H21Cl2FN2O2. The van der Waals surface area contributed by atoms with E-state index in [2.05, 4.69) is 5.32 Å². The van der Waals surface area contributed by atoms with Gasteiger partial charge >= 0.3 is 0 Å². The molecule has 2 atom stereocenters. The smallest absolute Gasteiger partial charge is 0.239 e. The summed E-state index contributed by atoms with van der Waals surface area (Å²) in [6, 6.07) is 4.02. The van der Waals surface area contributed by atoms with Crippen molar-refractivity contribution in [2.45, 2.75) is 38.3 Å². The summed E-state index contributed by atoms with van der Waals surface area (Å²) in [5.74, 6) is -0.947. The monoisotopic (exact) mass is 338 g/mol. The highest BCUT2D eigenvalue weighted by Crippen LogP contribution is 2.20. The normalized spacial score (nSPS) is 14.8. The summed E-state index contributed by atoms with van der Waals surface area (Å²) >= 11 is 5.56. The Balaban J connectivity index is 0.00000400. The minimum atomic E-state index is -1.01. The average molecular weight is 339 g/mol. The van der Waals surface area contributed by atoms with Crippen molar-refractivity contribution in [2.24, 2.45) is 5.73 Å². The predicted octanol–water partition coefficient (Wildman–Crippen LogP) is 2.57. The van der Waals surface area contributed by atoms with E-state index in [0.29, 0.717) is 12.0 Å². The summed E-state index contributed by atoms with van der Waals surface area (Å²) in [5, 5.41) is 12.5. The summed E-state index contributed by atoms with van der Waals surface area (Å²) < 4.78 is 13.3. The lowest BCUT2D eigenvalue weighted by Gasteiger charge is -2.23. The first-order chi connectivity index (χ1) is 9.27. The number of aliphatic hydroxyl groups is 1. The zero-order valence-electron chi connectivity index (χ0n) is 12.0. The van der Waals surface area contributed by atoms with E-state index in [1.807, 2.05) is 6.92 Å². The summed E-state index contributed by atoms with van der Waals surface area (Å²) in [7, 11) is 0. The second kappa shape index (κ2) is 8.54. The molecule has 120 valence electrons. The topological polar surface area (TPSA) is 75.4 Å². The Bertz CT molecular complexity index is 484. The molecule has 7 heteroatoms. The van der Waals surface area contributed by atoms with Crippen LogP contribution >= 0.6 is 24.0 Å². The molecular weight excluding hydrogens is 318 g/mol. The SMILES string of the molecule is CCCC(C)(N)C(=O)NCC(O)c1ccc(Cl)c(F)c1.Cl. The zero-order valence-corrected chi connectivity index (χ0v) is 13.6. The molecule has 0 bridgehead atoms. The van der Waals surface area contributed by atoms with Gasteiger partial charge in [0, 0.05) is 6.54 Å². The molecule has 0 heterocycles. The Morgan fingerprint density at radius 1 is 1.57 bits per heavy atom. The van der Waals surface area contributed by atoms with E-state index in [9.17, 15) is 14.3 Å². The molecule has 1 amide bonds. The van der Waals surface area contributed by atoms with Gasteiger partial charge in [0.25, 0.3) is 0 Å². The number of hydrogen-bond acceptors (Lipinski definition) is 3. The van der Waals surface area contributed by atoms with Crippen LogP contribution in [0.3, 0.4) is 0 Å². The Kier molecular flexibility index (Phi) is 8.18. The third-order valence-corrected chi connectivity index (χ3v) is 3.38. The Hall–Kier alpha value is -0.880. The fraction of sp³-hybridized carbons (Fsp3) is 0.500. The minimum absolute atomic E-state index is 0. The molecule has 0 aliphatic rings. The van der Waals surface area contributed by atoms with Crippen molar-refractivity contribution in [3.05, 3.63) is 34.6 Å². The van der Waals surface area contributed by atoms with Gasteiger partial charge in [0.15, 0.2) is 0 Å². The molecule has 0 saturated heterocycles. The summed E-state index contributed by atoms with van der Waals surface area (Å²) in [4.78, 5) is 11.9. The number of aliphatic hydroxyl groups excluding tert-OH is 1. The Labute approximate surface area is 135 Å². The third-order valence-electron chi connectivity index (χ3n) is 3.07. The third kappa shape index (κ3) is 5.79. The predicted molar refractivity (Wildman–Crippen MR) is 84.1 cm³/mol. The first-order valence-corrected chi connectivity index (χ1v) is 6.86. The van der Waals surface area contributed by atoms with Crippen molar-refractivity contribution in [3.8, 4) is 0 Å². The highest BCUT2D eigenvalue weighted by atomic mass is 35.5. The second-order valence-corrected chi connectivity index (χ2v) is 5.47. The Morgan fingerprint density at radius 3 is 2.71 bits per heavy atom. The Morgan fingerprint density at radius 2 is 2.19 bits per heavy atom. The highest BCUT2D eigenvalue weighted by molar-refractivity contribution is 6.30. The van der Waals surface area contributed by atoms with Crippen molar-refractivity contribution in [1.82, 2.24) is 5.32 Å². The maximum absolute atomic E-state index is 13.3. The maximum atomic E-state index is 13.3. The number of amides is 1. The number of carbonyl (C=O) groups excluding carboxylic acids is 1. The zero-order chi connectivity index (χ0) is 15.3. The molecule has 0 spiro atoms. The number of benzene rings is 1. The number of halogens is 3. The molecule has 4 N–H and O–H groups in total. The van der Waals surface area contributed by atoms with Crippen LogP contribution in [0.2, 0.25) is 5.02 Å². The van der Waals surface area contributed by atoms with Crippen molar-refractivity contribution in [1.29, 1.82) is 0 Å². The molecule has 0 aliphatic heterocycles. The molecule has 1 aromatic carbocycles. The quantitative estimate of drug-likeness (QED) is 0.746. The summed E-state index contributed by atoms with van der Waals surface area (Å²) in [6.45, 7) is 3.54. The van der Waals surface area contributed by atoms with Gasteiger partial charge in [0.2, 0.25) is 5.91 Å². The van der Waals surface area contributed by atoms with E-state index >= 15 is 0 Å².